The fourth-order valence-electron chi connectivity index (χ4n) is 3.04. The zero-order chi connectivity index (χ0) is 21.7. The number of carbonyl (C=O) groups excluding carboxylic acids is 1. The molecule has 31 heavy (non-hydrogen) atoms. The van der Waals surface area contributed by atoms with Crippen molar-refractivity contribution in [3.05, 3.63) is 46.7 Å². The van der Waals surface area contributed by atoms with Crippen molar-refractivity contribution in [2.24, 2.45) is 0 Å². The van der Waals surface area contributed by atoms with Crippen LogP contribution in [-0.4, -0.2) is 56.6 Å². The SMILES string of the molecule is CCN(CC)CCN(C(=O)C=Cc1cccs1)c1nc2c(S(C)(=O)=O)cccc2s1.Cl. The lowest BCUT2D eigenvalue weighted by Crippen LogP contribution is -2.38. The number of anilines is 1. The average Bonchev–Trinajstić information content (AvgIpc) is 3.37. The molecular formula is C21H26ClN3O3S3. The number of rotatable bonds is 9. The highest BCUT2D eigenvalue weighted by molar-refractivity contribution is 7.91. The molecule has 0 spiro atoms. The molecule has 0 saturated carbocycles. The van der Waals surface area contributed by atoms with Gasteiger partial charge in [0.05, 0.1) is 9.60 Å². The number of thiophene rings is 1. The Morgan fingerprint density at radius 1 is 1.13 bits per heavy atom. The molecule has 2 aromatic heterocycles. The van der Waals surface area contributed by atoms with Crippen LogP contribution in [0.2, 0.25) is 0 Å². The summed E-state index contributed by atoms with van der Waals surface area (Å²) in [4.78, 5) is 22.7. The summed E-state index contributed by atoms with van der Waals surface area (Å²) in [6, 6.07) is 8.98. The Hall–Kier alpha value is -1.78. The second-order valence-corrected chi connectivity index (χ2v) is 10.7. The Labute approximate surface area is 197 Å². The first kappa shape index (κ1) is 25.5. The molecule has 0 atom stereocenters. The summed E-state index contributed by atoms with van der Waals surface area (Å²) in [6.45, 7) is 7.14. The molecule has 10 heteroatoms. The van der Waals surface area contributed by atoms with Gasteiger partial charge in [-0.3, -0.25) is 9.69 Å². The standard InChI is InChI=1S/C21H25N3O3S3.ClH/c1-4-23(5-2)13-14-24(19(25)12-11-16-8-7-15-28-16)21-22-20-17(29-21)9-6-10-18(20)30(3,26)27;/h6-12,15H,4-5,13-14H2,1-3H3;1H. The molecule has 168 valence electrons. The van der Waals surface area contributed by atoms with E-state index in [0.29, 0.717) is 23.7 Å². The van der Waals surface area contributed by atoms with Gasteiger partial charge in [0.2, 0.25) is 0 Å². The molecule has 2 heterocycles. The first-order valence-electron chi connectivity index (χ1n) is 9.68. The predicted octanol–water partition coefficient (Wildman–Crippen LogP) is 4.57. The van der Waals surface area contributed by atoms with Gasteiger partial charge < -0.3 is 4.90 Å². The van der Waals surface area contributed by atoms with Crippen LogP contribution < -0.4 is 4.90 Å². The van der Waals surface area contributed by atoms with Crippen LogP contribution in [0, 0.1) is 0 Å². The molecule has 0 N–H and O–H groups in total. The quantitative estimate of drug-likeness (QED) is 0.403. The summed E-state index contributed by atoms with van der Waals surface area (Å²) in [5, 5.41) is 2.47. The number of halogens is 1. The van der Waals surface area contributed by atoms with E-state index >= 15 is 0 Å². The molecular weight excluding hydrogens is 474 g/mol. The minimum absolute atomic E-state index is 0. The highest BCUT2D eigenvalue weighted by atomic mass is 35.5. The lowest BCUT2D eigenvalue weighted by Gasteiger charge is -2.23. The van der Waals surface area contributed by atoms with Crippen molar-refractivity contribution in [3.8, 4) is 0 Å². The third-order valence-electron chi connectivity index (χ3n) is 4.73. The fourth-order valence-corrected chi connectivity index (χ4v) is 5.58. The second kappa shape index (κ2) is 11.2. The molecule has 0 aliphatic heterocycles. The number of benzene rings is 1. The molecule has 3 aromatic rings. The normalized spacial score (nSPS) is 11.9. The lowest BCUT2D eigenvalue weighted by molar-refractivity contribution is -0.114. The smallest absolute Gasteiger partial charge is 0.252 e. The fraction of sp³-hybridized carbons (Fsp3) is 0.333. The van der Waals surface area contributed by atoms with Crippen LogP contribution in [0.5, 0.6) is 0 Å². The lowest BCUT2D eigenvalue weighted by atomic mass is 10.3. The van der Waals surface area contributed by atoms with Crippen molar-refractivity contribution in [3.63, 3.8) is 0 Å². The summed E-state index contributed by atoms with van der Waals surface area (Å²) in [5.41, 5.74) is 0.419. The van der Waals surface area contributed by atoms with Gasteiger partial charge in [0.15, 0.2) is 15.0 Å². The first-order valence-corrected chi connectivity index (χ1v) is 13.3. The number of carbonyl (C=O) groups is 1. The van der Waals surface area contributed by atoms with E-state index in [1.807, 2.05) is 23.6 Å². The van der Waals surface area contributed by atoms with Gasteiger partial charge in [-0.2, -0.15) is 0 Å². The molecule has 0 aliphatic carbocycles. The number of nitrogens with zero attached hydrogens (tertiary/aromatic N) is 3. The zero-order valence-corrected chi connectivity index (χ0v) is 20.9. The average molecular weight is 500 g/mol. The number of thiazole rings is 1. The van der Waals surface area contributed by atoms with Gasteiger partial charge in [0.1, 0.15) is 5.52 Å². The first-order chi connectivity index (χ1) is 14.3. The molecule has 0 aliphatic rings. The Balaban J connectivity index is 0.00000341. The van der Waals surface area contributed by atoms with Gasteiger partial charge in [-0.05, 0) is 42.7 Å². The van der Waals surface area contributed by atoms with E-state index < -0.39 is 9.84 Å². The largest absolute Gasteiger partial charge is 0.302 e. The number of sulfone groups is 1. The molecule has 1 amide bonds. The second-order valence-electron chi connectivity index (χ2n) is 6.74. The highest BCUT2D eigenvalue weighted by Crippen LogP contribution is 2.32. The van der Waals surface area contributed by atoms with Gasteiger partial charge in [0, 0.05) is 30.3 Å². The molecule has 0 bridgehead atoms. The molecule has 6 nitrogen and oxygen atoms in total. The monoisotopic (exact) mass is 499 g/mol. The maximum Gasteiger partial charge on any atom is 0.252 e. The number of hydrogen-bond donors (Lipinski definition) is 0. The van der Waals surface area contributed by atoms with Crippen LogP contribution in [0.15, 0.2) is 46.7 Å². The van der Waals surface area contributed by atoms with Crippen molar-refractivity contribution in [1.29, 1.82) is 0 Å². The Kier molecular flexibility index (Phi) is 9.20. The molecule has 0 fully saturated rings. The number of likely N-dealkylation sites (N-methyl/N-ethyl adjacent to an activating group) is 1. The van der Waals surface area contributed by atoms with Crippen molar-refractivity contribution in [2.45, 2.75) is 18.7 Å². The molecule has 3 rings (SSSR count). The number of hydrogen-bond acceptors (Lipinski definition) is 7. The Morgan fingerprint density at radius 3 is 2.48 bits per heavy atom. The summed E-state index contributed by atoms with van der Waals surface area (Å²) in [6.07, 6.45) is 4.53. The van der Waals surface area contributed by atoms with Crippen molar-refractivity contribution >= 4 is 72.2 Å². The highest BCUT2D eigenvalue weighted by Gasteiger charge is 2.21. The van der Waals surface area contributed by atoms with Crippen molar-refractivity contribution in [2.75, 3.05) is 37.3 Å². The molecule has 0 radical (unpaired) electrons. The summed E-state index contributed by atoms with van der Waals surface area (Å²) in [5.74, 6) is -0.171. The predicted molar refractivity (Wildman–Crippen MR) is 133 cm³/mol. The van der Waals surface area contributed by atoms with Crippen LogP contribution in [-0.2, 0) is 14.6 Å². The van der Waals surface area contributed by atoms with E-state index in [9.17, 15) is 13.2 Å². The van der Waals surface area contributed by atoms with E-state index in [-0.39, 0.29) is 23.2 Å². The number of fused-ring (bicyclic) bond motifs is 1. The molecule has 0 saturated heterocycles. The number of para-hydroxylation sites is 1. The third-order valence-corrected chi connectivity index (χ3v) is 7.74. The van der Waals surface area contributed by atoms with Crippen LogP contribution in [0.1, 0.15) is 18.7 Å². The third kappa shape index (κ3) is 6.36. The number of amides is 1. The van der Waals surface area contributed by atoms with E-state index in [2.05, 4.69) is 23.7 Å². The topological polar surface area (TPSA) is 70.6 Å². The van der Waals surface area contributed by atoms with Gasteiger partial charge in [-0.25, -0.2) is 13.4 Å². The van der Waals surface area contributed by atoms with E-state index in [1.165, 1.54) is 17.6 Å². The Morgan fingerprint density at radius 2 is 1.87 bits per heavy atom. The van der Waals surface area contributed by atoms with Gasteiger partial charge in [-0.15, -0.1) is 23.7 Å². The maximum atomic E-state index is 13.1. The Bertz CT molecular complexity index is 1140. The van der Waals surface area contributed by atoms with Gasteiger partial charge in [0.25, 0.3) is 5.91 Å². The van der Waals surface area contributed by atoms with Crippen molar-refractivity contribution in [1.82, 2.24) is 9.88 Å². The van der Waals surface area contributed by atoms with Crippen LogP contribution in [0.4, 0.5) is 5.13 Å². The van der Waals surface area contributed by atoms with Crippen molar-refractivity contribution < 1.29 is 13.2 Å². The molecule has 0 unspecified atom stereocenters. The van der Waals surface area contributed by atoms with Crippen LogP contribution in [0.25, 0.3) is 16.3 Å². The molecule has 1 aromatic carbocycles. The van der Waals surface area contributed by atoms with E-state index in [0.717, 1.165) is 22.7 Å². The summed E-state index contributed by atoms with van der Waals surface area (Å²) in [7, 11) is -3.42. The number of aromatic nitrogens is 1. The van der Waals surface area contributed by atoms with E-state index in [4.69, 9.17) is 0 Å². The van der Waals surface area contributed by atoms with Gasteiger partial charge in [-0.1, -0.05) is 37.3 Å². The minimum Gasteiger partial charge on any atom is -0.302 e. The van der Waals surface area contributed by atoms with Gasteiger partial charge >= 0.3 is 0 Å². The maximum absolute atomic E-state index is 13.1. The minimum atomic E-state index is -3.42. The zero-order valence-electron chi connectivity index (χ0n) is 17.6. The van der Waals surface area contributed by atoms with Crippen LogP contribution in [0.3, 0.4) is 0 Å². The summed E-state index contributed by atoms with van der Waals surface area (Å²) >= 11 is 2.89. The van der Waals surface area contributed by atoms with Crippen LogP contribution >= 0.6 is 35.1 Å². The summed E-state index contributed by atoms with van der Waals surface area (Å²) < 4.78 is 25.1. The van der Waals surface area contributed by atoms with E-state index in [1.54, 1.807) is 40.5 Å².